The number of aromatic carboxylic acids is 2. The number of carbonyl (C=O) groups excluding carboxylic acids is 2. The zero-order chi connectivity index (χ0) is 62.2. The molecule has 2 aliphatic heterocycles. The van der Waals surface area contributed by atoms with Gasteiger partial charge >= 0.3 is 17.9 Å². The Morgan fingerprint density at radius 1 is 0.593 bits per heavy atom. The number of nitrogens with two attached hydrogens (primary N) is 2. The van der Waals surface area contributed by atoms with Crippen molar-refractivity contribution in [2.24, 2.45) is 0 Å². The maximum Gasteiger partial charge on any atom is 0.336 e. The predicted molar refractivity (Wildman–Crippen MR) is 308 cm³/mol. The molecule has 0 saturated carbocycles. The van der Waals surface area contributed by atoms with Crippen molar-refractivity contribution in [1.29, 1.82) is 10.8 Å². The Bertz CT molecular complexity index is 4340. The van der Waals surface area contributed by atoms with Crippen LogP contribution in [0.4, 0.5) is 11.4 Å². The van der Waals surface area contributed by atoms with Crippen molar-refractivity contribution in [3.63, 3.8) is 0 Å². The van der Waals surface area contributed by atoms with E-state index in [1.54, 1.807) is 0 Å². The Balaban J connectivity index is 0.000000356. The number of ketones is 1. The lowest BCUT2D eigenvalue weighted by Crippen LogP contribution is -2.27. The van der Waals surface area contributed by atoms with Crippen molar-refractivity contribution < 1.29 is 111 Å². The standard InChI is InChI=1S/C28H27N3O14S2.C20H14N2O9S2.C3H6O.2CH4/c29-19-5-3-16-22(17-4-6-20(30)26(47(37,38)39)24(17)42-23(16)25(19)43-44-45-46)18-13-14(1-2-15(18)28(35)36)27(34)31-8-10-41-12-11-40-9-7-21(32)33;21-13-7-5-11-15(9-3-1-2-4-10(9)20(23)24)12-6-8-14(22)19(33(28,29)30)17(12)31-16(11)18(13)32(25,26)27;1-3(2)4;;/h1-6,13,30,46H,7-12,29H2,(H,31,34)(H,32,33)(H,35,36)(H,37,38,39);1-8,21H,22H2,(H,23,24)(H,25,26,27)(H,28,29,30);1-2H3;2*1H4. The first kappa shape index (κ1) is 69.6. The second kappa shape index (κ2) is 28.8. The fourth-order valence-electron chi connectivity index (χ4n) is 8.25. The first-order valence-corrected chi connectivity index (χ1v) is 28.2. The van der Waals surface area contributed by atoms with E-state index in [1.165, 1.54) is 86.6 Å². The normalized spacial score (nSPS) is 11.3. The Kier molecular flexibility index (Phi) is 23.3. The summed E-state index contributed by atoms with van der Waals surface area (Å²) in [6.45, 7) is 3.53. The summed E-state index contributed by atoms with van der Waals surface area (Å²) in [4.78, 5) is 59.6. The number of nitrogen functional groups attached to an aromatic ring is 2. The molecule has 1 amide bonds. The molecular weight excluding hydrogens is 1220 g/mol. The highest BCUT2D eigenvalue weighted by Gasteiger charge is 2.33. The summed E-state index contributed by atoms with van der Waals surface area (Å²) in [6.07, 6.45) is -0.141. The number of carbonyl (C=O) groups is 5. The van der Waals surface area contributed by atoms with Crippen molar-refractivity contribution in [1.82, 2.24) is 5.32 Å². The van der Waals surface area contributed by atoms with Gasteiger partial charge in [0.15, 0.2) is 37.4 Å². The molecule has 0 aromatic heterocycles. The number of fused-ring (bicyclic) bond motifs is 4. The zero-order valence-electron chi connectivity index (χ0n) is 43.3. The molecule has 0 bridgehead atoms. The van der Waals surface area contributed by atoms with Crippen LogP contribution in [0.25, 0.3) is 66.8 Å². The molecule has 2 aliphatic carbocycles. The second-order valence-electron chi connectivity index (χ2n) is 17.4. The number of rotatable bonds is 20. The van der Waals surface area contributed by atoms with Gasteiger partial charge in [-0.2, -0.15) is 25.3 Å². The number of amides is 1. The van der Waals surface area contributed by atoms with Gasteiger partial charge in [-0.15, -0.1) is 4.33 Å². The maximum atomic E-state index is 13.1. The van der Waals surface area contributed by atoms with Crippen molar-refractivity contribution in [2.45, 2.75) is 49.8 Å². The van der Waals surface area contributed by atoms with E-state index < -0.39 is 102 Å². The molecule has 4 aromatic carbocycles. The number of carboxylic acids is 3. The van der Waals surface area contributed by atoms with E-state index in [2.05, 4.69) is 27.6 Å². The second-order valence-corrected chi connectivity index (χ2v) is 21.6. The highest BCUT2D eigenvalue weighted by atomic mass is 32.2. The highest BCUT2D eigenvalue weighted by Crippen LogP contribution is 2.48. The van der Waals surface area contributed by atoms with Gasteiger partial charge in [-0.3, -0.25) is 34.1 Å². The van der Waals surface area contributed by atoms with Crippen LogP contribution in [0.2, 0.25) is 0 Å². The Hall–Kier alpha value is -8.87. The molecule has 8 rings (SSSR count). The van der Waals surface area contributed by atoms with Crippen LogP contribution in [0.3, 0.4) is 0 Å². The van der Waals surface area contributed by atoms with Gasteiger partial charge < -0.3 is 60.1 Å². The summed E-state index contributed by atoms with van der Waals surface area (Å²) in [5.41, 5.74) is 9.77. The van der Waals surface area contributed by atoms with E-state index in [1.807, 2.05) is 0 Å². The third-order valence-electron chi connectivity index (χ3n) is 11.5. The summed E-state index contributed by atoms with van der Waals surface area (Å²) >= 11 is 3.42. The number of nitrogens with one attached hydrogen (secondary N) is 3. The van der Waals surface area contributed by atoms with E-state index in [9.17, 15) is 73.1 Å². The first-order chi connectivity index (χ1) is 39.4. The molecule has 4 aromatic rings. The van der Waals surface area contributed by atoms with E-state index in [0.29, 0.717) is 0 Å². The van der Waals surface area contributed by atoms with Gasteiger partial charge in [0.05, 0.1) is 66.1 Å². The molecule has 33 heteroatoms. The molecule has 460 valence electrons. The lowest BCUT2D eigenvalue weighted by molar-refractivity contribution is -0.401. The molecular formula is C53H55N5O24S4. The number of carboxylic acid groups (broad SMARTS) is 3. The molecule has 0 atom stereocenters. The molecule has 0 fully saturated rings. The number of Topliss-reactive ketones (excluding diaryl/α,β-unsaturated/α-hetero) is 1. The van der Waals surface area contributed by atoms with Crippen molar-refractivity contribution in [3.05, 3.63) is 118 Å². The SMILES string of the molecule is C.C.CC(C)=O.N=c1ccc2c(-c3cc(C(=O)NCCOCCOCCC(=O)O)ccc3C(=O)O)c3ccc(N)c(OOOS)c3oc-2c1S(=O)(=O)O.N=c1ccc2c(-c3ccccc3C(=O)O)c3ccc(N)c(S(=O)(=O)O)c3oc-2c1S(=O)(=O)O. The van der Waals surface area contributed by atoms with Gasteiger partial charge in [0.25, 0.3) is 36.3 Å². The minimum Gasteiger partial charge on any atom is -0.481 e. The van der Waals surface area contributed by atoms with Crippen LogP contribution in [0, 0.1) is 10.8 Å². The fourth-order valence-corrected chi connectivity index (χ4v) is 10.5. The van der Waals surface area contributed by atoms with Crippen LogP contribution >= 0.6 is 12.9 Å². The van der Waals surface area contributed by atoms with Crippen LogP contribution in [0.15, 0.2) is 115 Å². The Labute approximate surface area is 494 Å². The molecule has 0 saturated heterocycles. The van der Waals surface area contributed by atoms with Crippen molar-refractivity contribution in [3.8, 4) is 50.7 Å². The number of benzene rings is 6. The van der Waals surface area contributed by atoms with Gasteiger partial charge in [-0.1, -0.05) is 33.1 Å². The predicted octanol–water partition coefficient (Wildman–Crippen LogP) is 6.86. The molecule has 0 radical (unpaired) electrons. The Morgan fingerprint density at radius 2 is 1.07 bits per heavy atom. The summed E-state index contributed by atoms with van der Waals surface area (Å²) in [5, 5.41) is 50.3. The average molecular weight is 1270 g/mol. The molecule has 0 unspecified atom stereocenters. The molecule has 2 heterocycles. The van der Waals surface area contributed by atoms with E-state index in [-0.39, 0.29) is 138 Å². The summed E-state index contributed by atoms with van der Waals surface area (Å²) in [7, 11) is -15.1. The van der Waals surface area contributed by atoms with Gasteiger partial charge in [-0.05, 0) is 103 Å². The third-order valence-corrected chi connectivity index (χ3v) is 14.3. The smallest absolute Gasteiger partial charge is 0.336 e. The molecule has 86 heavy (non-hydrogen) atoms. The highest BCUT2D eigenvalue weighted by molar-refractivity contribution is 7.86. The molecule has 4 aliphatic rings. The molecule has 29 nitrogen and oxygen atoms in total. The van der Waals surface area contributed by atoms with Gasteiger partial charge in [-0.25, -0.2) is 9.59 Å². The maximum absolute atomic E-state index is 13.1. The van der Waals surface area contributed by atoms with E-state index in [4.69, 9.17) is 50.6 Å². The largest absolute Gasteiger partial charge is 0.481 e. The monoisotopic (exact) mass is 1270 g/mol. The van der Waals surface area contributed by atoms with Crippen LogP contribution in [-0.4, -0.2) is 117 Å². The van der Waals surface area contributed by atoms with E-state index in [0.717, 1.165) is 18.2 Å². The van der Waals surface area contributed by atoms with Gasteiger partial charge in [0.2, 0.25) is 5.75 Å². The number of anilines is 2. The number of hydrogen-bond donors (Lipinski definition) is 12. The average Bonchev–Trinajstić information content (AvgIpc) is 0.803. The fraction of sp³-hybridized carbons (Fsp3) is 0.189. The minimum absolute atomic E-state index is 0. The molecule has 13 N–H and O–H groups in total. The molecule has 0 spiro atoms. The summed E-state index contributed by atoms with van der Waals surface area (Å²) in [5.74, 6) is -5.70. The number of thiol groups is 1. The van der Waals surface area contributed by atoms with Crippen LogP contribution in [0.5, 0.6) is 5.75 Å². The lowest BCUT2D eigenvalue weighted by atomic mass is 9.89. The van der Waals surface area contributed by atoms with Crippen molar-refractivity contribution in [2.75, 3.05) is 44.4 Å². The minimum atomic E-state index is -5.09. The topological polar surface area (TPSA) is 493 Å². The summed E-state index contributed by atoms with van der Waals surface area (Å²) < 4.78 is 129. The Morgan fingerprint density at radius 3 is 1.58 bits per heavy atom. The van der Waals surface area contributed by atoms with Crippen LogP contribution < -0.4 is 32.4 Å². The number of aliphatic carboxylic acids is 1. The van der Waals surface area contributed by atoms with Gasteiger partial charge in [0, 0.05) is 58.0 Å². The zero-order valence-corrected chi connectivity index (χ0v) is 46.6. The quantitative estimate of drug-likeness (QED) is 0.00541. The third kappa shape index (κ3) is 15.9. The number of hydrogen-bond acceptors (Lipinski definition) is 23. The summed E-state index contributed by atoms with van der Waals surface area (Å²) in [6, 6.07) is 19.3. The first-order valence-electron chi connectivity index (χ1n) is 23.5. The van der Waals surface area contributed by atoms with Crippen LogP contribution in [0.1, 0.15) is 66.2 Å². The van der Waals surface area contributed by atoms with Crippen LogP contribution in [-0.2, 0) is 58.8 Å². The van der Waals surface area contributed by atoms with Gasteiger partial charge in [0.1, 0.15) is 5.78 Å². The van der Waals surface area contributed by atoms with E-state index >= 15 is 0 Å². The van der Waals surface area contributed by atoms with Crippen molar-refractivity contribution >= 4 is 106 Å². The lowest BCUT2D eigenvalue weighted by Gasteiger charge is -2.20. The number of ether oxygens (including phenoxy) is 2.